The molecule has 1 aliphatic heterocycles. The van der Waals surface area contributed by atoms with E-state index in [1.807, 2.05) is 12.1 Å². The normalized spacial score (nSPS) is 19.9. The summed E-state index contributed by atoms with van der Waals surface area (Å²) in [5.41, 5.74) is 3.76. The van der Waals surface area contributed by atoms with E-state index in [2.05, 4.69) is 36.9 Å². The standard InChI is InChI=1S/C20H27NO4/c1-15-5-6-19(16(2)10-15)20-12-21(7-9-25-20)11-17(22)13-23-14-18-4-3-8-24-18/h3-6,8,10,17,20,22H,7,9,11-14H2,1-2H3. The summed E-state index contributed by atoms with van der Waals surface area (Å²) >= 11 is 0. The largest absolute Gasteiger partial charge is 0.467 e. The van der Waals surface area contributed by atoms with Gasteiger partial charge in [-0.1, -0.05) is 23.8 Å². The highest BCUT2D eigenvalue weighted by Crippen LogP contribution is 2.25. The molecule has 2 unspecified atom stereocenters. The van der Waals surface area contributed by atoms with Crippen LogP contribution in [0.25, 0.3) is 0 Å². The number of furan rings is 1. The van der Waals surface area contributed by atoms with Gasteiger partial charge in [0.2, 0.25) is 0 Å². The molecule has 1 N–H and O–H groups in total. The Morgan fingerprint density at radius 3 is 2.96 bits per heavy atom. The minimum absolute atomic E-state index is 0.0607. The van der Waals surface area contributed by atoms with Crippen molar-refractivity contribution in [3.8, 4) is 0 Å². The van der Waals surface area contributed by atoms with Crippen LogP contribution in [-0.2, 0) is 16.1 Å². The van der Waals surface area contributed by atoms with Crippen molar-refractivity contribution in [3.63, 3.8) is 0 Å². The van der Waals surface area contributed by atoms with Crippen LogP contribution >= 0.6 is 0 Å². The van der Waals surface area contributed by atoms with Gasteiger partial charge < -0.3 is 19.0 Å². The molecule has 0 saturated carbocycles. The average Bonchev–Trinajstić information content (AvgIpc) is 3.08. The van der Waals surface area contributed by atoms with Gasteiger partial charge in [0.05, 0.1) is 31.7 Å². The summed E-state index contributed by atoms with van der Waals surface area (Å²) in [7, 11) is 0. The van der Waals surface area contributed by atoms with Crippen molar-refractivity contribution in [1.29, 1.82) is 0 Å². The Labute approximate surface area is 149 Å². The zero-order chi connectivity index (χ0) is 17.6. The lowest BCUT2D eigenvalue weighted by Gasteiger charge is -2.34. The first-order chi connectivity index (χ1) is 12.1. The predicted molar refractivity (Wildman–Crippen MR) is 95.4 cm³/mol. The molecule has 25 heavy (non-hydrogen) atoms. The lowest BCUT2D eigenvalue weighted by atomic mass is 10.00. The zero-order valence-electron chi connectivity index (χ0n) is 15.0. The smallest absolute Gasteiger partial charge is 0.129 e. The zero-order valence-corrected chi connectivity index (χ0v) is 15.0. The lowest BCUT2D eigenvalue weighted by molar-refractivity contribution is -0.0546. The summed E-state index contributed by atoms with van der Waals surface area (Å²) in [6.45, 7) is 7.80. The third-order valence-electron chi connectivity index (χ3n) is 4.53. The van der Waals surface area contributed by atoms with E-state index in [9.17, 15) is 5.11 Å². The number of aryl methyl sites for hydroxylation is 2. The van der Waals surface area contributed by atoms with Crippen molar-refractivity contribution in [2.45, 2.75) is 32.7 Å². The molecule has 1 aromatic carbocycles. The van der Waals surface area contributed by atoms with Crippen LogP contribution < -0.4 is 0 Å². The van der Waals surface area contributed by atoms with Crippen molar-refractivity contribution in [2.75, 3.05) is 32.8 Å². The van der Waals surface area contributed by atoms with Crippen LogP contribution in [0, 0.1) is 13.8 Å². The number of morpholine rings is 1. The lowest BCUT2D eigenvalue weighted by Crippen LogP contribution is -2.43. The number of aliphatic hydroxyl groups excluding tert-OH is 1. The van der Waals surface area contributed by atoms with Crippen molar-refractivity contribution in [2.24, 2.45) is 0 Å². The number of ether oxygens (including phenoxy) is 2. The summed E-state index contributed by atoms with van der Waals surface area (Å²) in [6, 6.07) is 10.2. The van der Waals surface area contributed by atoms with E-state index in [0.717, 1.165) is 18.8 Å². The quantitative estimate of drug-likeness (QED) is 0.836. The molecule has 2 aromatic rings. The molecule has 0 amide bonds. The van der Waals surface area contributed by atoms with E-state index in [1.165, 1.54) is 16.7 Å². The molecule has 136 valence electrons. The SMILES string of the molecule is Cc1ccc(C2CN(CC(O)COCc3ccco3)CCO2)c(C)c1. The molecule has 0 bridgehead atoms. The number of β-amino-alcohol motifs (C(OH)–C–C–N with tert-alkyl or cyclic N) is 1. The molecule has 2 atom stereocenters. The third kappa shape index (κ3) is 5.16. The molecule has 5 nitrogen and oxygen atoms in total. The van der Waals surface area contributed by atoms with Crippen molar-refractivity contribution >= 4 is 0 Å². The van der Waals surface area contributed by atoms with E-state index < -0.39 is 6.10 Å². The van der Waals surface area contributed by atoms with Crippen LogP contribution in [-0.4, -0.2) is 49.0 Å². The van der Waals surface area contributed by atoms with Crippen LogP contribution in [0.4, 0.5) is 0 Å². The Bertz CT molecular complexity index is 656. The number of aliphatic hydroxyl groups is 1. The Hall–Kier alpha value is -1.66. The summed E-state index contributed by atoms with van der Waals surface area (Å²) in [5, 5.41) is 10.2. The van der Waals surface area contributed by atoms with Gasteiger partial charge in [0.15, 0.2) is 0 Å². The van der Waals surface area contributed by atoms with Gasteiger partial charge in [-0.25, -0.2) is 0 Å². The van der Waals surface area contributed by atoms with Gasteiger partial charge in [-0.05, 0) is 37.1 Å². The number of nitrogens with zero attached hydrogens (tertiary/aromatic N) is 1. The van der Waals surface area contributed by atoms with Crippen LogP contribution in [0.5, 0.6) is 0 Å². The van der Waals surface area contributed by atoms with Gasteiger partial charge >= 0.3 is 0 Å². The van der Waals surface area contributed by atoms with Gasteiger partial charge in [-0.2, -0.15) is 0 Å². The topological polar surface area (TPSA) is 55.1 Å². The maximum absolute atomic E-state index is 10.2. The van der Waals surface area contributed by atoms with Gasteiger partial charge in [-0.15, -0.1) is 0 Å². The van der Waals surface area contributed by atoms with E-state index in [4.69, 9.17) is 13.9 Å². The molecular formula is C20H27NO4. The highest BCUT2D eigenvalue weighted by Gasteiger charge is 2.24. The second-order valence-corrected chi connectivity index (χ2v) is 6.73. The second kappa shape index (κ2) is 8.63. The molecule has 1 fully saturated rings. The molecule has 0 spiro atoms. The number of benzene rings is 1. The summed E-state index contributed by atoms with van der Waals surface area (Å²) in [6.07, 6.45) is 1.16. The molecule has 2 heterocycles. The van der Waals surface area contributed by atoms with Gasteiger partial charge in [0, 0.05) is 19.6 Å². The van der Waals surface area contributed by atoms with Gasteiger partial charge in [-0.3, -0.25) is 4.90 Å². The molecule has 1 aliphatic rings. The predicted octanol–water partition coefficient (Wildman–Crippen LogP) is 2.85. The summed E-state index contributed by atoms with van der Waals surface area (Å²) in [4.78, 5) is 2.24. The first-order valence-electron chi connectivity index (χ1n) is 8.81. The average molecular weight is 345 g/mol. The van der Waals surface area contributed by atoms with Gasteiger partial charge in [0.1, 0.15) is 12.4 Å². The van der Waals surface area contributed by atoms with Crippen molar-refractivity contribution in [3.05, 3.63) is 59.0 Å². The van der Waals surface area contributed by atoms with Crippen LogP contribution in [0.15, 0.2) is 41.0 Å². The van der Waals surface area contributed by atoms with Crippen molar-refractivity contribution in [1.82, 2.24) is 4.90 Å². The summed E-state index contributed by atoms with van der Waals surface area (Å²) in [5.74, 6) is 0.772. The Kier molecular flexibility index (Phi) is 6.26. The first-order valence-corrected chi connectivity index (χ1v) is 8.81. The minimum atomic E-state index is -0.521. The Morgan fingerprint density at radius 1 is 1.32 bits per heavy atom. The fourth-order valence-electron chi connectivity index (χ4n) is 3.28. The maximum atomic E-state index is 10.2. The number of rotatable bonds is 7. The Balaban J connectivity index is 1.47. The minimum Gasteiger partial charge on any atom is -0.467 e. The van der Waals surface area contributed by atoms with Crippen molar-refractivity contribution < 1.29 is 19.0 Å². The van der Waals surface area contributed by atoms with E-state index >= 15 is 0 Å². The molecule has 3 rings (SSSR count). The molecule has 5 heteroatoms. The highest BCUT2D eigenvalue weighted by atomic mass is 16.5. The second-order valence-electron chi connectivity index (χ2n) is 6.73. The number of hydrogen-bond acceptors (Lipinski definition) is 5. The van der Waals surface area contributed by atoms with Crippen LogP contribution in [0.2, 0.25) is 0 Å². The fourth-order valence-corrected chi connectivity index (χ4v) is 3.28. The van der Waals surface area contributed by atoms with Crippen LogP contribution in [0.3, 0.4) is 0 Å². The Morgan fingerprint density at radius 2 is 2.20 bits per heavy atom. The fraction of sp³-hybridized carbons (Fsp3) is 0.500. The third-order valence-corrected chi connectivity index (χ3v) is 4.53. The maximum Gasteiger partial charge on any atom is 0.129 e. The molecular weight excluding hydrogens is 318 g/mol. The first kappa shape index (κ1) is 18.1. The summed E-state index contributed by atoms with van der Waals surface area (Å²) < 4.78 is 16.7. The van der Waals surface area contributed by atoms with E-state index in [-0.39, 0.29) is 6.10 Å². The highest BCUT2D eigenvalue weighted by molar-refractivity contribution is 5.32. The van der Waals surface area contributed by atoms with E-state index in [1.54, 1.807) is 6.26 Å². The van der Waals surface area contributed by atoms with E-state index in [0.29, 0.717) is 26.4 Å². The van der Waals surface area contributed by atoms with Crippen LogP contribution in [0.1, 0.15) is 28.6 Å². The molecule has 0 aliphatic carbocycles. The molecule has 1 saturated heterocycles. The molecule has 0 radical (unpaired) electrons. The molecule has 1 aromatic heterocycles. The number of hydrogen-bond donors (Lipinski definition) is 1. The van der Waals surface area contributed by atoms with Gasteiger partial charge in [0.25, 0.3) is 0 Å². The monoisotopic (exact) mass is 345 g/mol.